The van der Waals surface area contributed by atoms with Gasteiger partial charge in [-0.1, -0.05) is 18.2 Å². The lowest BCUT2D eigenvalue weighted by Crippen LogP contribution is -2.19. The summed E-state index contributed by atoms with van der Waals surface area (Å²) >= 11 is 1.81. The molecule has 124 valence electrons. The number of rotatable bonds is 5. The lowest BCUT2D eigenvalue weighted by atomic mass is 10.1. The summed E-state index contributed by atoms with van der Waals surface area (Å²) in [6.45, 7) is 3.03. The van der Waals surface area contributed by atoms with Crippen molar-refractivity contribution in [1.29, 1.82) is 0 Å². The predicted molar refractivity (Wildman–Crippen MR) is 93.2 cm³/mol. The zero-order valence-electron chi connectivity index (χ0n) is 13.5. The molecule has 24 heavy (non-hydrogen) atoms. The number of nitrogens with zero attached hydrogens (tertiary/aromatic N) is 3. The molecule has 1 atom stereocenters. The van der Waals surface area contributed by atoms with Crippen molar-refractivity contribution in [2.75, 3.05) is 20.2 Å². The second kappa shape index (κ2) is 6.75. The topological polar surface area (TPSA) is 51.4 Å². The first-order chi connectivity index (χ1) is 11.8. The van der Waals surface area contributed by atoms with Crippen LogP contribution >= 0.6 is 11.3 Å². The molecule has 0 radical (unpaired) electrons. The first-order valence-electron chi connectivity index (χ1n) is 8.05. The number of likely N-dealkylation sites (tertiary alicyclic amines) is 1. The van der Waals surface area contributed by atoms with Gasteiger partial charge in [0.1, 0.15) is 5.75 Å². The molecule has 0 spiro atoms. The van der Waals surface area contributed by atoms with Gasteiger partial charge in [-0.3, -0.25) is 4.90 Å². The van der Waals surface area contributed by atoms with Crippen LogP contribution in [0.3, 0.4) is 0 Å². The number of benzene rings is 1. The second-order valence-electron chi connectivity index (χ2n) is 5.95. The summed E-state index contributed by atoms with van der Waals surface area (Å²) in [6.07, 6.45) is 1.05. The summed E-state index contributed by atoms with van der Waals surface area (Å²) in [5.74, 6) is 2.31. The third-order valence-corrected chi connectivity index (χ3v) is 5.22. The van der Waals surface area contributed by atoms with Gasteiger partial charge in [-0.15, -0.1) is 21.5 Å². The number of ether oxygens (including phenoxy) is 1. The molecule has 3 heterocycles. The highest BCUT2D eigenvalue weighted by Gasteiger charge is 2.28. The fourth-order valence-corrected chi connectivity index (χ4v) is 3.88. The summed E-state index contributed by atoms with van der Waals surface area (Å²) in [4.78, 5) is 3.85. The summed E-state index contributed by atoms with van der Waals surface area (Å²) in [5.41, 5.74) is 0.840. The molecule has 1 aliphatic rings. The van der Waals surface area contributed by atoms with Crippen LogP contribution in [0.25, 0.3) is 11.5 Å². The highest BCUT2D eigenvalue weighted by Crippen LogP contribution is 2.32. The standard InChI is InChI=1S/C18H19N3O2S/c1-22-16-7-3-2-6-15(16)18-20-19-17(23-18)13-8-9-21(11-13)12-14-5-4-10-24-14/h2-7,10,13H,8-9,11-12H2,1H3. The number of hydrogen-bond donors (Lipinski definition) is 0. The van der Waals surface area contributed by atoms with Crippen LogP contribution in [0.5, 0.6) is 5.75 Å². The molecule has 1 unspecified atom stereocenters. The van der Waals surface area contributed by atoms with Crippen LogP contribution in [0.2, 0.25) is 0 Å². The fourth-order valence-electron chi connectivity index (χ4n) is 3.13. The quantitative estimate of drug-likeness (QED) is 0.706. The van der Waals surface area contributed by atoms with E-state index in [-0.39, 0.29) is 0 Å². The van der Waals surface area contributed by atoms with E-state index in [4.69, 9.17) is 9.15 Å². The molecular formula is C18H19N3O2S. The molecule has 1 aromatic carbocycles. The fraction of sp³-hybridized carbons (Fsp3) is 0.333. The highest BCUT2D eigenvalue weighted by molar-refractivity contribution is 7.09. The van der Waals surface area contributed by atoms with Crippen LogP contribution in [0, 0.1) is 0 Å². The molecule has 2 aromatic heterocycles. The van der Waals surface area contributed by atoms with Gasteiger partial charge < -0.3 is 9.15 Å². The molecule has 0 amide bonds. The van der Waals surface area contributed by atoms with Gasteiger partial charge in [0.25, 0.3) is 5.89 Å². The minimum atomic E-state index is 0.306. The van der Waals surface area contributed by atoms with Gasteiger partial charge in [-0.2, -0.15) is 0 Å². The maximum atomic E-state index is 5.95. The summed E-state index contributed by atoms with van der Waals surface area (Å²) in [7, 11) is 1.65. The third-order valence-electron chi connectivity index (χ3n) is 4.36. The van der Waals surface area contributed by atoms with Crippen molar-refractivity contribution >= 4 is 11.3 Å². The van der Waals surface area contributed by atoms with Crippen molar-refractivity contribution in [2.45, 2.75) is 18.9 Å². The van der Waals surface area contributed by atoms with Crippen LogP contribution < -0.4 is 4.74 Å². The Bertz CT molecular complexity index is 800. The van der Waals surface area contributed by atoms with E-state index in [1.165, 1.54) is 4.88 Å². The minimum Gasteiger partial charge on any atom is -0.496 e. The normalized spacial score (nSPS) is 18.1. The Morgan fingerprint density at radius 1 is 1.25 bits per heavy atom. The Morgan fingerprint density at radius 3 is 3.00 bits per heavy atom. The van der Waals surface area contributed by atoms with E-state index in [0.29, 0.717) is 11.8 Å². The van der Waals surface area contributed by atoms with Crippen LogP contribution in [-0.2, 0) is 6.54 Å². The maximum Gasteiger partial charge on any atom is 0.251 e. The van der Waals surface area contributed by atoms with Crippen molar-refractivity contribution in [3.8, 4) is 17.2 Å². The van der Waals surface area contributed by atoms with E-state index in [2.05, 4.69) is 32.6 Å². The Kier molecular flexibility index (Phi) is 4.32. The SMILES string of the molecule is COc1ccccc1-c1nnc(C2CCN(Cc3cccs3)C2)o1. The van der Waals surface area contributed by atoms with Gasteiger partial charge in [0.05, 0.1) is 18.6 Å². The van der Waals surface area contributed by atoms with E-state index >= 15 is 0 Å². The van der Waals surface area contributed by atoms with E-state index in [1.807, 2.05) is 24.3 Å². The largest absolute Gasteiger partial charge is 0.496 e. The Balaban J connectivity index is 1.47. The average molecular weight is 341 g/mol. The third kappa shape index (κ3) is 3.07. The Labute approximate surface area is 144 Å². The highest BCUT2D eigenvalue weighted by atomic mass is 32.1. The molecular weight excluding hydrogens is 322 g/mol. The number of thiophene rings is 1. The van der Waals surface area contributed by atoms with Gasteiger partial charge in [-0.25, -0.2) is 0 Å². The molecule has 0 bridgehead atoms. The van der Waals surface area contributed by atoms with Gasteiger partial charge in [0.2, 0.25) is 5.89 Å². The van der Waals surface area contributed by atoms with Crippen molar-refractivity contribution in [1.82, 2.24) is 15.1 Å². The minimum absolute atomic E-state index is 0.306. The molecule has 0 N–H and O–H groups in total. The molecule has 1 aliphatic heterocycles. The molecule has 5 nitrogen and oxygen atoms in total. The lowest BCUT2D eigenvalue weighted by molar-refractivity contribution is 0.323. The maximum absolute atomic E-state index is 5.95. The Hall–Kier alpha value is -2.18. The van der Waals surface area contributed by atoms with Crippen LogP contribution in [0.15, 0.2) is 46.2 Å². The van der Waals surface area contributed by atoms with E-state index in [1.54, 1.807) is 18.4 Å². The number of hydrogen-bond acceptors (Lipinski definition) is 6. The van der Waals surface area contributed by atoms with Gasteiger partial charge in [0.15, 0.2) is 0 Å². The summed E-state index contributed by atoms with van der Waals surface area (Å²) < 4.78 is 11.3. The van der Waals surface area contributed by atoms with E-state index < -0.39 is 0 Å². The molecule has 1 saturated heterocycles. The monoisotopic (exact) mass is 341 g/mol. The number of para-hydroxylation sites is 1. The van der Waals surface area contributed by atoms with Gasteiger partial charge in [-0.05, 0) is 36.5 Å². The molecule has 6 heteroatoms. The van der Waals surface area contributed by atoms with Crippen molar-refractivity contribution in [3.63, 3.8) is 0 Å². The Morgan fingerprint density at radius 2 is 2.17 bits per heavy atom. The summed E-state index contributed by atoms with van der Waals surface area (Å²) in [6, 6.07) is 12.0. The first-order valence-corrected chi connectivity index (χ1v) is 8.93. The van der Waals surface area contributed by atoms with Crippen LogP contribution in [0.4, 0.5) is 0 Å². The molecule has 0 aliphatic carbocycles. The number of aromatic nitrogens is 2. The van der Waals surface area contributed by atoms with Crippen molar-refractivity contribution in [2.24, 2.45) is 0 Å². The van der Waals surface area contributed by atoms with Gasteiger partial charge in [0, 0.05) is 18.0 Å². The molecule has 0 saturated carbocycles. The molecule has 1 fully saturated rings. The predicted octanol–water partition coefficient (Wildman–Crippen LogP) is 3.80. The second-order valence-corrected chi connectivity index (χ2v) is 6.98. The molecule has 4 rings (SSSR count). The number of methoxy groups -OCH3 is 1. The zero-order valence-corrected chi connectivity index (χ0v) is 14.3. The van der Waals surface area contributed by atoms with E-state index in [9.17, 15) is 0 Å². The average Bonchev–Trinajstić information content (AvgIpc) is 3.36. The first kappa shape index (κ1) is 15.4. The summed E-state index contributed by atoms with van der Waals surface area (Å²) in [5, 5.41) is 10.6. The van der Waals surface area contributed by atoms with Gasteiger partial charge >= 0.3 is 0 Å². The van der Waals surface area contributed by atoms with Crippen LogP contribution in [-0.4, -0.2) is 35.3 Å². The lowest BCUT2D eigenvalue weighted by Gasteiger charge is -2.13. The van der Waals surface area contributed by atoms with Crippen LogP contribution in [0.1, 0.15) is 23.1 Å². The van der Waals surface area contributed by atoms with E-state index in [0.717, 1.165) is 43.3 Å². The smallest absolute Gasteiger partial charge is 0.251 e. The van der Waals surface area contributed by atoms with Crippen molar-refractivity contribution < 1.29 is 9.15 Å². The zero-order chi connectivity index (χ0) is 16.4. The van der Waals surface area contributed by atoms with Crippen molar-refractivity contribution in [3.05, 3.63) is 52.5 Å². The molecule has 3 aromatic rings.